The van der Waals surface area contributed by atoms with E-state index in [-0.39, 0.29) is 22.6 Å². The van der Waals surface area contributed by atoms with Crippen molar-refractivity contribution in [1.82, 2.24) is 0 Å². The van der Waals surface area contributed by atoms with Gasteiger partial charge in [0.2, 0.25) is 0 Å². The monoisotopic (exact) mass is 466 g/mol. The van der Waals surface area contributed by atoms with E-state index in [1.54, 1.807) is 60.7 Å². The maximum absolute atomic E-state index is 13.7. The third-order valence-corrected chi connectivity index (χ3v) is 5.09. The molecular formula is C27H18F4O3. The van der Waals surface area contributed by atoms with E-state index in [1.165, 1.54) is 36.4 Å². The van der Waals surface area contributed by atoms with Crippen molar-refractivity contribution in [2.75, 3.05) is 0 Å². The van der Waals surface area contributed by atoms with Crippen LogP contribution in [0.1, 0.15) is 15.9 Å². The highest BCUT2D eigenvalue weighted by atomic mass is 19.3. The predicted octanol–water partition coefficient (Wildman–Crippen LogP) is 7.45. The minimum atomic E-state index is -3.02. The summed E-state index contributed by atoms with van der Waals surface area (Å²) in [6, 6.07) is 25.8. The molecule has 4 aromatic rings. The summed E-state index contributed by atoms with van der Waals surface area (Å²) in [5, 5.41) is 0. The van der Waals surface area contributed by atoms with E-state index in [2.05, 4.69) is 9.47 Å². The second kappa shape index (κ2) is 10.2. The van der Waals surface area contributed by atoms with Crippen molar-refractivity contribution in [3.05, 3.63) is 108 Å². The van der Waals surface area contributed by atoms with Crippen LogP contribution in [0.4, 0.5) is 17.6 Å². The van der Waals surface area contributed by atoms with Crippen LogP contribution in [0.15, 0.2) is 97.1 Å². The van der Waals surface area contributed by atoms with Crippen molar-refractivity contribution in [2.45, 2.75) is 13.2 Å². The number of ketones is 1. The maximum atomic E-state index is 13.7. The molecule has 0 fully saturated rings. The minimum absolute atomic E-state index is 0.0885. The molecule has 0 atom stereocenters. The lowest BCUT2D eigenvalue weighted by molar-refractivity contribution is -0.0504. The molecule has 0 aliphatic rings. The summed E-state index contributed by atoms with van der Waals surface area (Å²) in [5.41, 5.74) is 2.54. The fourth-order valence-corrected chi connectivity index (χ4v) is 3.65. The van der Waals surface area contributed by atoms with Crippen molar-refractivity contribution in [2.24, 2.45) is 0 Å². The Morgan fingerprint density at radius 3 is 1.29 bits per heavy atom. The number of rotatable bonds is 8. The van der Waals surface area contributed by atoms with Crippen LogP contribution in [0.3, 0.4) is 0 Å². The Morgan fingerprint density at radius 1 is 0.559 bits per heavy atom. The van der Waals surface area contributed by atoms with Gasteiger partial charge >= 0.3 is 13.2 Å². The number of alkyl halides is 4. The lowest BCUT2D eigenvalue weighted by Gasteiger charge is -2.15. The standard InChI is InChI=1S/C27H18F4O3/c28-26(29)33-19-11-13-21(23(15-19)17-7-3-1-4-8-17)25(32)22-14-12-20(34-27(30)31)16-24(22)18-9-5-2-6-10-18/h1-16,26-27H. The number of benzene rings is 4. The molecule has 0 aromatic heterocycles. The van der Waals surface area contributed by atoms with E-state index in [1.807, 2.05) is 0 Å². The molecule has 0 aliphatic heterocycles. The van der Waals surface area contributed by atoms with Gasteiger partial charge in [-0.25, -0.2) is 0 Å². The molecular weight excluding hydrogens is 448 g/mol. The van der Waals surface area contributed by atoms with Crippen LogP contribution >= 0.6 is 0 Å². The number of hydrogen-bond donors (Lipinski definition) is 0. The quantitative estimate of drug-likeness (QED) is 0.200. The fourth-order valence-electron chi connectivity index (χ4n) is 3.65. The number of halogens is 4. The first-order chi connectivity index (χ1) is 16.4. The van der Waals surface area contributed by atoms with Gasteiger partial charge in [0, 0.05) is 11.1 Å². The molecule has 0 bridgehead atoms. The average molecular weight is 466 g/mol. The van der Waals surface area contributed by atoms with Gasteiger partial charge in [0.25, 0.3) is 0 Å². The first-order valence-corrected chi connectivity index (χ1v) is 10.3. The van der Waals surface area contributed by atoms with Gasteiger partial charge in [0.15, 0.2) is 5.78 Å². The van der Waals surface area contributed by atoms with Crippen molar-refractivity contribution in [3.8, 4) is 33.8 Å². The summed E-state index contributed by atoms with van der Waals surface area (Å²) in [6.07, 6.45) is 0. The third kappa shape index (κ3) is 5.26. The number of hydrogen-bond acceptors (Lipinski definition) is 3. The zero-order valence-electron chi connectivity index (χ0n) is 17.6. The predicted molar refractivity (Wildman–Crippen MR) is 120 cm³/mol. The summed E-state index contributed by atoms with van der Waals surface area (Å²) in [6.45, 7) is -6.03. The van der Waals surface area contributed by atoms with Crippen LogP contribution in [-0.4, -0.2) is 19.0 Å². The lowest BCUT2D eigenvalue weighted by atomic mass is 9.89. The summed E-state index contributed by atoms with van der Waals surface area (Å²) in [4.78, 5) is 13.7. The second-order valence-corrected chi connectivity index (χ2v) is 7.23. The molecule has 0 aliphatic carbocycles. The fraction of sp³-hybridized carbons (Fsp3) is 0.0741. The lowest BCUT2D eigenvalue weighted by Crippen LogP contribution is -2.08. The highest BCUT2D eigenvalue weighted by Crippen LogP contribution is 2.34. The first-order valence-electron chi connectivity index (χ1n) is 10.3. The molecule has 172 valence electrons. The summed E-state index contributed by atoms with van der Waals surface area (Å²) < 4.78 is 60.2. The molecule has 34 heavy (non-hydrogen) atoms. The van der Waals surface area contributed by atoms with E-state index in [0.29, 0.717) is 22.3 Å². The first kappa shape index (κ1) is 23.0. The van der Waals surface area contributed by atoms with Gasteiger partial charge < -0.3 is 9.47 Å². The molecule has 0 heterocycles. The Morgan fingerprint density at radius 2 is 0.941 bits per heavy atom. The zero-order valence-corrected chi connectivity index (χ0v) is 17.6. The van der Waals surface area contributed by atoms with Gasteiger partial charge in [0.05, 0.1) is 0 Å². The summed E-state index contributed by atoms with van der Waals surface area (Å²) in [5.74, 6) is -0.589. The topological polar surface area (TPSA) is 35.5 Å². The largest absolute Gasteiger partial charge is 0.435 e. The van der Waals surface area contributed by atoms with Crippen LogP contribution in [0.5, 0.6) is 11.5 Å². The number of ether oxygens (including phenoxy) is 2. The Labute approximate surface area is 193 Å². The normalized spacial score (nSPS) is 11.0. The van der Waals surface area contributed by atoms with Crippen molar-refractivity contribution in [3.63, 3.8) is 0 Å². The SMILES string of the molecule is O=C(c1ccc(OC(F)F)cc1-c1ccccc1)c1ccc(OC(F)F)cc1-c1ccccc1. The van der Waals surface area contributed by atoms with Crippen molar-refractivity contribution < 1.29 is 31.8 Å². The van der Waals surface area contributed by atoms with Crippen LogP contribution in [0.25, 0.3) is 22.3 Å². The second-order valence-electron chi connectivity index (χ2n) is 7.23. The molecule has 0 saturated carbocycles. The van der Waals surface area contributed by atoms with E-state index in [9.17, 15) is 22.4 Å². The molecule has 0 unspecified atom stereocenters. The van der Waals surface area contributed by atoms with E-state index in [4.69, 9.17) is 0 Å². The van der Waals surface area contributed by atoms with Gasteiger partial charge in [-0.1, -0.05) is 60.7 Å². The van der Waals surface area contributed by atoms with Gasteiger partial charge in [-0.05, 0) is 58.7 Å². The third-order valence-electron chi connectivity index (χ3n) is 5.09. The van der Waals surface area contributed by atoms with Crippen molar-refractivity contribution in [1.29, 1.82) is 0 Å². The van der Waals surface area contributed by atoms with Crippen molar-refractivity contribution >= 4 is 5.78 Å². The molecule has 4 rings (SSSR count). The zero-order chi connectivity index (χ0) is 24.1. The molecule has 0 saturated heterocycles. The average Bonchev–Trinajstić information content (AvgIpc) is 2.84. The molecule has 0 spiro atoms. The van der Waals surface area contributed by atoms with E-state index in [0.717, 1.165) is 0 Å². The van der Waals surface area contributed by atoms with Gasteiger partial charge in [-0.15, -0.1) is 0 Å². The van der Waals surface area contributed by atoms with Crippen LogP contribution in [-0.2, 0) is 0 Å². The minimum Gasteiger partial charge on any atom is -0.435 e. The highest BCUT2D eigenvalue weighted by molar-refractivity contribution is 6.16. The molecule has 0 N–H and O–H groups in total. The Bertz CT molecular complexity index is 1180. The molecule has 4 aromatic carbocycles. The van der Waals surface area contributed by atoms with Crippen LogP contribution in [0.2, 0.25) is 0 Å². The Hall–Kier alpha value is -4.13. The van der Waals surface area contributed by atoms with E-state index < -0.39 is 19.0 Å². The molecule has 0 amide bonds. The summed E-state index contributed by atoms with van der Waals surface area (Å²) in [7, 11) is 0. The summed E-state index contributed by atoms with van der Waals surface area (Å²) >= 11 is 0. The molecule has 7 heteroatoms. The van der Waals surface area contributed by atoms with Crippen LogP contribution in [0, 0.1) is 0 Å². The molecule has 3 nitrogen and oxygen atoms in total. The van der Waals surface area contributed by atoms with Gasteiger partial charge in [0.1, 0.15) is 11.5 Å². The smallest absolute Gasteiger partial charge is 0.387 e. The van der Waals surface area contributed by atoms with Crippen LogP contribution < -0.4 is 9.47 Å². The Kier molecular flexibility index (Phi) is 6.92. The number of carbonyl (C=O) groups is 1. The maximum Gasteiger partial charge on any atom is 0.387 e. The Balaban J connectivity index is 1.85. The number of carbonyl (C=O) groups excluding carboxylic acids is 1. The molecule has 0 radical (unpaired) electrons. The van der Waals surface area contributed by atoms with Gasteiger partial charge in [-0.2, -0.15) is 17.6 Å². The highest BCUT2D eigenvalue weighted by Gasteiger charge is 2.21. The van der Waals surface area contributed by atoms with E-state index >= 15 is 0 Å². The van der Waals surface area contributed by atoms with Gasteiger partial charge in [-0.3, -0.25) is 4.79 Å².